The van der Waals surface area contributed by atoms with E-state index in [0.29, 0.717) is 0 Å². The van der Waals surface area contributed by atoms with Crippen LogP contribution in [0, 0.1) is 6.92 Å². The Morgan fingerprint density at radius 3 is 2.59 bits per heavy atom. The van der Waals surface area contributed by atoms with E-state index < -0.39 is 0 Å². The predicted octanol–water partition coefficient (Wildman–Crippen LogP) is 1.48. The number of nitrogens with one attached hydrogen (secondary N) is 1. The molecule has 4 heteroatoms. The number of aryl methyl sites for hydroxylation is 2. The maximum atomic E-state index is 5.62. The van der Waals surface area contributed by atoms with Crippen molar-refractivity contribution in [3.8, 4) is 0 Å². The largest absolute Gasteiger partial charge is 0.336 e. The fourth-order valence-electron chi connectivity index (χ4n) is 1.91. The zero-order chi connectivity index (χ0) is 12.3. The molecule has 4 nitrogen and oxygen atoms in total. The van der Waals surface area contributed by atoms with Crippen LogP contribution in [0.15, 0.2) is 36.8 Å². The molecular weight excluding hydrogens is 212 g/mol. The Morgan fingerprint density at radius 2 is 2.06 bits per heavy atom. The van der Waals surface area contributed by atoms with Gasteiger partial charge < -0.3 is 4.57 Å². The van der Waals surface area contributed by atoms with Gasteiger partial charge in [-0.25, -0.2) is 4.98 Å². The summed E-state index contributed by atoms with van der Waals surface area (Å²) in [6.45, 7) is 2.09. The molecule has 0 aliphatic rings. The van der Waals surface area contributed by atoms with E-state index in [4.69, 9.17) is 5.84 Å². The molecule has 1 unspecified atom stereocenters. The Kier molecular flexibility index (Phi) is 3.56. The zero-order valence-corrected chi connectivity index (χ0v) is 10.2. The van der Waals surface area contributed by atoms with Crippen LogP contribution in [0.4, 0.5) is 0 Å². The normalized spacial score (nSPS) is 12.6. The van der Waals surface area contributed by atoms with Crippen LogP contribution in [-0.2, 0) is 13.5 Å². The Bertz CT molecular complexity index is 472. The summed E-state index contributed by atoms with van der Waals surface area (Å²) in [5, 5.41) is 0. The van der Waals surface area contributed by atoms with Gasteiger partial charge in [0.05, 0.1) is 18.1 Å². The van der Waals surface area contributed by atoms with Crippen LogP contribution in [0.1, 0.15) is 22.9 Å². The second-order valence-electron chi connectivity index (χ2n) is 4.34. The smallest absolute Gasteiger partial charge is 0.0946 e. The molecule has 0 aliphatic heterocycles. The molecule has 0 aliphatic carbocycles. The van der Waals surface area contributed by atoms with Gasteiger partial charge >= 0.3 is 0 Å². The molecule has 0 fully saturated rings. The fourth-order valence-corrected chi connectivity index (χ4v) is 1.91. The minimum absolute atomic E-state index is 0.0882. The molecule has 3 N–H and O–H groups in total. The van der Waals surface area contributed by atoms with Crippen molar-refractivity contribution in [2.45, 2.75) is 19.4 Å². The van der Waals surface area contributed by atoms with Gasteiger partial charge in [0, 0.05) is 13.2 Å². The van der Waals surface area contributed by atoms with Crippen molar-refractivity contribution in [3.63, 3.8) is 0 Å². The van der Waals surface area contributed by atoms with Gasteiger partial charge in [0.1, 0.15) is 0 Å². The molecule has 0 saturated heterocycles. The molecule has 0 bridgehead atoms. The predicted molar refractivity (Wildman–Crippen MR) is 68.2 cm³/mol. The molecule has 0 radical (unpaired) electrons. The van der Waals surface area contributed by atoms with Crippen molar-refractivity contribution < 1.29 is 0 Å². The summed E-state index contributed by atoms with van der Waals surface area (Å²) in [4.78, 5) is 4.11. The van der Waals surface area contributed by atoms with Crippen LogP contribution in [0.3, 0.4) is 0 Å². The van der Waals surface area contributed by atoms with Crippen molar-refractivity contribution >= 4 is 0 Å². The third-order valence-electron chi connectivity index (χ3n) is 2.97. The maximum absolute atomic E-state index is 5.62. The molecule has 1 heterocycles. The van der Waals surface area contributed by atoms with E-state index in [-0.39, 0.29) is 6.04 Å². The van der Waals surface area contributed by atoms with Crippen LogP contribution < -0.4 is 11.3 Å². The van der Waals surface area contributed by atoms with Crippen molar-refractivity contribution in [3.05, 3.63) is 53.6 Å². The number of nitrogens with two attached hydrogens (primary N) is 1. The molecule has 2 rings (SSSR count). The molecule has 0 saturated carbocycles. The Morgan fingerprint density at radius 1 is 1.35 bits per heavy atom. The Hall–Kier alpha value is -1.65. The Labute approximate surface area is 101 Å². The van der Waals surface area contributed by atoms with Gasteiger partial charge in [-0.3, -0.25) is 11.3 Å². The lowest BCUT2D eigenvalue weighted by molar-refractivity contribution is 0.522. The lowest BCUT2D eigenvalue weighted by atomic mass is 10.0. The molecule has 2 aromatic rings. The van der Waals surface area contributed by atoms with Crippen LogP contribution in [-0.4, -0.2) is 9.55 Å². The third-order valence-corrected chi connectivity index (χ3v) is 2.97. The van der Waals surface area contributed by atoms with E-state index in [1.165, 1.54) is 11.1 Å². The number of hydrazine groups is 1. The lowest BCUT2D eigenvalue weighted by Crippen LogP contribution is -2.30. The molecule has 0 amide bonds. The number of imidazole rings is 1. The Balaban J connectivity index is 2.16. The van der Waals surface area contributed by atoms with E-state index in [1.54, 1.807) is 6.33 Å². The van der Waals surface area contributed by atoms with Crippen molar-refractivity contribution in [2.24, 2.45) is 12.9 Å². The molecule has 1 atom stereocenters. The first-order valence-electron chi connectivity index (χ1n) is 5.68. The summed E-state index contributed by atoms with van der Waals surface area (Å²) in [6.07, 6.45) is 4.49. The highest BCUT2D eigenvalue weighted by Gasteiger charge is 2.13. The third kappa shape index (κ3) is 2.72. The first kappa shape index (κ1) is 11.8. The molecule has 90 valence electrons. The minimum Gasteiger partial charge on any atom is -0.336 e. The topological polar surface area (TPSA) is 55.9 Å². The summed E-state index contributed by atoms with van der Waals surface area (Å²) in [5.74, 6) is 5.62. The van der Waals surface area contributed by atoms with E-state index >= 15 is 0 Å². The van der Waals surface area contributed by atoms with E-state index in [2.05, 4.69) is 41.6 Å². The first-order valence-corrected chi connectivity index (χ1v) is 5.68. The van der Waals surface area contributed by atoms with Gasteiger partial charge in [-0.2, -0.15) is 0 Å². The summed E-state index contributed by atoms with van der Waals surface area (Å²) in [7, 11) is 1.97. The van der Waals surface area contributed by atoms with Crippen molar-refractivity contribution in [1.29, 1.82) is 0 Å². The second-order valence-corrected chi connectivity index (χ2v) is 4.34. The van der Waals surface area contributed by atoms with Crippen LogP contribution >= 0.6 is 0 Å². The quantitative estimate of drug-likeness (QED) is 0.618. The monoisotopic (exact) mass is 230 g/mol. The SMILES string of the molecule is Cc1ccc(CC(NN)c2cncn2C)cc1. The highest BCUT2D eigenvalue weighted by molar-refractivity contribution is 5.23. The number of hydrogen-bond donors (Lipinski definition) is 2. The number of nitrogens with zero attached hydrogens (tertiary/aromatic N) is 2. The second kappa shape index (κ2) is 5.12. The summed E-state index contributed by atoms with van der Waals surface area (Å²) in [6, 6.07) is 8.59. The highest BCUT2D eigenvalue weighted by atomic mass is 15.2. The fraction of sp³-hybridized carbons (Fsp3) is 0.308. The average molecular weight is 230 g/mol. The van der Waals surface area contributed by atoms with Crippen LogP contribution in [0.2, 0.25) is 0 Å². The number of hydrogen-bond acceptors (Lipinski definition) is 3. The van der Waals surface area contributed by atoms with Gasteiger partial charge in [-0.15, -0.1) is 0 Å². The van der Waals surface area contributed by atoms with Crippen LogP contribution in [0.25, 0.3) is 0 Å². The van der Waals surface area contributed by atoms with Crippen molar-refractivity contribution in [2.75, 3.05) is 0 Å². The maximum Gasteiger partial charge on any atom is 0.0946 e. The lowest BCUT2D eigenvalue weighted by Gasteiger charge is -2.16. The molecule has 1 aromatic carbocycles. The van der Waals surface area contributed by atoms with Gasteiger partial charge in [-0.05, 0) is 18.9 Å². The summed E-state index contributed by atoms with van der Waals surface area (Å²) in [5.41, 5.74) is 6.47. The van der Waals surface area contributed by atoms with Crippen LogP contribution in [0.5, 0.6) is 0 Å². The highest BCUT2D eigenvalue weighted by Crippen LogP contribution is 2.17. The summed E-state index contributed by atoms with van der Waals surface area (Å²) >= 11 is 0. The number of benzene rings is 1. The van der Waals surface area contributed by atoms with E-state index in [1.807, 2.05) is 17.8 Å². The molecule has 1 aromatic heterocycles. The number of rotatable bonds is 4. The number of aromatic nitrogens is 2. The van der Waals surface area contributed by atoms with Gasteiger partial charge in [0.15, 0.2) is 0 Å². The first-order chi connectivity index (χ1) is 8.20. The van der Waals surface area contributed by atoms with Gasteiger partial charge in [0.25, 0.3) is 0 Å². The van der Waals surface area contributed by atoms with Crippen molar-refractivity contribution in [1.82, 2.24) is 15.0 Å². The zero-order valence-electron chi connectivity index (χ0n) is 10.2. The average Bonchev–Trinajstić information content (AvgIpc) is 2.75. The minimum atomic E-state index is 0.0882. The van der Waals surface area contributed by atoms with Gasteiger partial charge in [0.2, 0.25) is 0 Å². The molecule has 0 spiro atoms. The molecule has 17 heavy (non-hydrogen) atoms. The summed E-state index contributed by atoms with van der Waals surface area (Å²) < 4.78 is 1.98. The van der Waals surface area contributed by atoms with Gasteiger partial charge in [-0.1, -0.05) is 29.8 Å². The molecular formula is C13H18N4. The van der Waals surface area contributed by atoms with E-state index in [9.17, 15) is 0 Å². The van der Waals surface area contributed by atoms with E-state index in [0.717, 1.165) is 12.1 Å². The standard InChI is InChI=1S/C13H18N4/c1-10-3-5-11(6-4-10)7-12(16-14)13-8-15-9-17(13)2/h3-6,8-9,12,16H,7,14H2,1-2H3.